The molecule has 0 radical (unpaired) electrons. The molecule has 0 fully saturated rings. The molecule has 1 amide bonds. The largest absolute Gasteiger partial charge is 0.466 e. The summed E-state index contributed by atoms with van der Waals surface area (Å²) in [7, 11) is 0. The molecule has 6 heteroatoms. The van der Waals surface area contributed by atoms with Gasteiger partial charge in [0.05, 0.1) is 25.4 Å². The number of hydrogen-bond acceptors (Lipinski definition) is 5. The van der Waals surface area contributed by atoms with Gasteiger partial charge in [0.25, 0.3) is 0 Å². The SMILES string of the molecule is CCCCCCCCCCCCCCCCCCCCCCC/C=C/C(O)C(CO)NC(=O)CCCCCCCCCCCCCCC/C=C\CCCCCCCCCCCCCCOC(=O)CCCCCCCCCCCCCCCCCCCCC. The van der Waals surface area contributed by atoms with Gasteiger partial charge in [0.15, 0.2) is 0 Å². The molecule has 2 unspecified atom stereocenters. The second-order valence-electron chi connectivity index (χ2n) is 28.1. The van der Waals surface area contributed by atoms with Crippen LogP contribution in [-0.4, -0.2) is 47.4 Å². The van der Waals surface area contributed by atoms with Gasteiger partial charge >= 0.3 is 5.97 Å². The van der Waals surface area contributed by atoms with Crippen molar-refractivity contribution in [2.45, 2.75) is 475 Å². The van der Waals surface area contributed by atoms with E-state index < -0.39 is 12.1 Å². The van der Waals surface area contributed by atoms with Gasteiger partial charge in [0.2, 0.25) is 5.91 Å². The third-order valence-corrected chi connectivity index (χ3v) is 19.2. The van der Waals surface area contributed by atoms with E-state index in [4.69, 9.17) is 4.74 Å². The van der Waals surface area contributed by atoms with Gasteiger partial charge < -0.3 is 20.3 Å². The zero-order valence-corrected chi connectivity index (χ0v) is 60.0. The van der Waals surface area contributed by atoms with Gasteiger partial charge in [0, 0.05) is 12.8 Å². The molecule has 0 aromatic heterocycles. The molecule has 0 aliphatic rings. The predicted molar refractivity (Wildman–Crippen MR) is 389 cm³/mol. The molecule has 0 aliphatic carbocycles. The summed E-state index contributed by atoms with van der Waals surface area (Å²) in [4.78, 5) is 24.7. The standard InChI is InChI=1S/C82H159NO5/c1-3-5-7-9-11-13-15-17-19-21-23-24-32-35-39-42-46-50-54-58-62-66-70-74-80(85)79(78-84)83-81(86)75-71-67-63-59-55-51-47-43-40-36-33-30-28-26-25-27-29-31-34-37-41-45-49-53-57-61-65-69-73-77-88-82(87)76-72-68-64-60-56-52-48-44-38-22-20-18-16-14-12-10-8-6-4-2/h25,27,70,74,79-80,84-85H,3-24,26,28-69,71-73,75-78H2,1-2H3,(H,83,86)/b27-25-,74-70+. The third kappa shape index (κ3) is 73.4. The fraction of sp³-hybridized carbons (Fsp3) is 0.927. The summed E-state index contributed by atoms with van der Waals surface area (Å²) in [6.45, 7) is 4.97. The van der Waals surface area contributed by atoms with Gasteiger partial charge in [-0.25, -0.2) is 0 Å². The first-order chi connectivity index (χ1) is 43.5. The van der Waals surface area contributed by atoms with E-state index >= 15 is 0 Å². The maximum absolute atomic E-state index is 12.6. The predicted octanol–water partition coefficient (Wildman–Crippen LogP) is 26.8. The average molecular weight is 1240 g/mol. The van der Waals surface area contributed by atoms with Crippen LogP contribution in [0.5, 0.6) is 0 Å². The summed E-state index contributed by atoms with van der Waals surface area (Å²) in [6, 6.07) is -0.629. The van der Waals surface area contributed by atoms with Crippen molar-refractivity contribution in [1.29, 1.82) is 0 Å². The molecule has 0 aliphatic heterocycles. The highest BCUT2D eigenvalue weighted by Crippen LogP contribution is 2.20. The van der Waals surface area contributed by atoms with Crippen LogP contribution < -0.4 is 5.32 Å². The second-order valence-corrected chi connectivity index (χ2v) is 28.1. The Morgan fingerprint density at radius 2 is 0.534 bits per heavy atom. The number of unbranched alkanes of at least 4 members (excludes halogenated alkanes) is 64. The maximum Gasteiger partial charge on any atom is 0.305 e. The highest BCUT2D eigenvalue weighted by atomic mass is 16.5. The van der Waals surface area contributed by atoms with Gasteiger partial charge in [-0.05, 0) is 57.8 Å². The van der Waals surface area contributed by atoms with E-state index in [1.54, 1.807) is 6.08 Å². The second kappa shape index (κ2) is 77.8. The number of amides is 1. The average Bonchev–Trinajstić information content (AvgIpc) is 3.57. The molecule has 0 saturated carbocycles. The molecule has 0 heterocycles. The first kappa shape index (κ1) is 86.3. The Hall–Kier alpha value is -1.66. The van der Waals surface area contributed by atoms with Crippen molar-refractivity contribution in [3.8, 4) is 0 Å². The van der Waals surface area contributed by atoms with Crippen LogP contribution in [0.4, 0.5) is 0 Å². The van der Waals surface area contributed by atoms with E-state index in [9.17, 15) is 19.8 Å². The molecular weight excluding hydrogens is 1080 g/mol. The fourth-order valence-corrected chi connectivity index (χ4v) is 13.0. The van der Waals surface area contributed by atoms with Crippen LogP contribution in [-0.2, 0) is 14.3 Å². The number of aliphatic hydroxyl groups is 2. The van der Waals surface area contributed by atoms with Crippen LogP contribution in [0.15, 0.2) is 24.3 Å². The van der Waals surface area contributed by atoms with E-state index in [0.29, 0.717) is 19.4 Å². The lowest BCUT2D eigenvalue weighted by atomic mass is 10.0. The van der Waals surface area contributed by atoms with Gasteiger partial charge in [-0.2, -0.15) is 0 Å². The minimum atomic E-state index is -0.845. The molecule has 0 aromatic carbocycles. The van der Waals surface area contributed by atoms with Crippen molar-refractivity contribution in [2.24, 2.45) is 0 Å². The number of esters is 1. The monoisotopic (exact) mass is 1240 g/mol. The molecule has 0 rings (SSSR count). The van der Waals surface area contributed by atoms with Gasteiger partial charge in [0.1, 0.15) is 0 Å². The van der Waals surface area contributed by atoms with Crippen LogP contribution in [0.25, 0.3) is 0 Å². The molecular formula is C82H159NO5. The summed E-state index contributed by atoms with van der Waals surface area (Å²) in [5.41, 5.74) is 0. The van der Waals surface area contributed by atoms with Crippen LogP contribution in [0, 0.1) is 0 Å². The Balaban J connectivity index is 3.37. The molecule has 3 N–H and O–H groups in total. The third-order valence-electron chi connectivity index (χ3n) is 19.2. The van der Waals surface area contributed by atoms with Gasteiger partial charge in [-0.15, -0.1) is 0 Å². The van der Waals surface area contributed by atoms with Crippen molar-refractivity contribution < 1.29 is 24.5 Å². The fourth-order valence-electron chi connectivity index (χ4n) is 13.0. The van der Waals surface area contributed by atoms with E-state index in [1.165, 1.54) is 398 Å². The first-order valence-corrected chi connectivity index (χ1v) is 40.6. The number of carbonyl (C=O) groups excluding carboxylic acids is 2. The lowest BCUT2D eigenvalue weighted by molar-refractivity contribution is -0.143. The molecule has 0 aromatic rings. The number of ether oxygens (including phenoxy) is 1. The number of nitrogens with one attached hydrogen (secondary N) is 1. The van der Waals surface area contributed by atoms with Crippen LogP contribution in [0.3, 0.4) is 0 Å². The van der Waals surface area contributed by atoms with Crippen LogP contribution in [0.1, 0.15) is 463 Å². The molecule has 0 bridgehead atoms. The number of rotatable bonds is 77. The van der Waals surface area contributed by atoms with Crippen molar-refractivity contribution in [3.63, 3.8) is 0 Å². The number of carbonyl (C=O) groups is 2. The smallest absolute Gasteiger partial charge is 0.305 e. The van der Waals surface area contributed by atoms with Crippen molar-refractivity contribution in [3.05, 3.63) is 24.3 Å². The van der Waals surface area contributed by atoms with E-state index in [2.05, 4.69) is 31.3 Å². The Morgan fingerprint density at radius 3 is 0.807 bits per heavy atom. The number of hydrogen-bond donors (Lipinski definition) is 3. The molecule has 2 atom stereocenters. The quantitative estimate of drug-likeness (QED) is 0.0320. The zero-order valence-electron chi connectivity index (χ0n) is 60.0. The number of allylic oxidation sites excluding steroid dienone is 3. The summed E-state index contributed by atoms with van der Waals surface area (Å²) in [6.07, 6.45) is 100. The van der Waals surface area contributed by atoms with Crippen LogP contribution in [0.2, 0.25) is 0 Å². The van der Waals surface area contributed by atoms with Crippen molar-refractivity contribution >= 4 is 11.9 Å². The van der Waals surface area contributed by atoms with E-state index in [0.717, 1.165) is 38.5 Å². The normalized spacial score (nSPS) is 12.5. The zero-order chi connectivity index (χ0) is 63.5. The summed E-state index contributed by atoms with van der Waals surface area (Å²) in [5, 5.41) is 23.3. The van der Waals surface area contributed by atoms with Gasteiger partial charge in [-0.1, -0.05) is 417 Å². The Morgan fingerprint density at radius 1 is 0.307 bits per heavy atom. The molecule has 0 spiro atoms. The first-order valence-electron chi connectivity index (χ1n) is 40.6. The molecule has 522 valence electrons. The lowest BCUT2D eigenvalue weighted by Gasteiger charge is -2.20. The Kier molecular flexibility index (Phi) is 76.3. The topological polar surface area (TPSA) is 95.9 Å². The summed E-state index contributed by atoms with van der Waals surface area (Å²) in [5.74, 6) is -0.0397. The van der Waals surface area contributed by atoms with Crippen molar-refractivity contribution in [2.75, 3.05) is 13.2 Å². The van der Waals surface area contributed by atoms with Crippen LogP contribution >= 0.6 is 0 Å². The Bertz CT molecular complexity index is 1380. The highest BCUT2D eigenvalue weighted by Gasteiger charge is 2.18. The minimum absolute atomic E-state index is 0.0222. The van der Waals surface area contributed by atoms with E-state index in [-0.39, 0.29) is 18.5 Å². The maximum atomic E-state index is 12.6. The minimum Gasteiger partial charge on any atom is -0.466 e. The summed E-state index contributed by atoms with van der Waals surface area (Å²) >= 11 is 0. The highest BCUT2D eigenvalue weighted by molar-refractivity contribution is 5.76. The molecule has 88 heavy (non-hydrogen) atoms. The van der Waals surface area contributed by atoms with Gasteiger partial charge in [-0.3, -0.25) is 9.59 Å². The number of aliphatic hydroxyl groups excluding tert-OH is 2. The van der Waals surface area contributed by atoms with Crippen molar-refractivity contribution in [1.82, 2.24) is 5.32 Å². The lowest BCUT2D eigenvalue weighted by Crippen LogP contribution is -2.45. The molecule has 6 nitrogen and oxygen atoms in total. The van der Waals surface area contributed by atoms with E-state index in [1.807, 2.05) is 6.08 Å². The Labute approximate surface area is 551 Å². The molecule has 0 saturated heterocycles. The summed E-state index contributed by atoms with van der Waals surface area (Å²) < 4.78 is 5.52.